The number of aryl methyl sites for hydroxylation is 1. The molecule has 14 nitrogen and oxygen atoms in total. The Labute approximate surface area is 321 Å². The molecule has 0 spiro atoms. The van der Waals surface area contributed by atoms with Crippen LogP contribution in [0.1, 0.15) is 58.8 Å². The number of aromatic nitrogens is 7. The van der Waals surface area contributed by atoms with E-state index in [-0.39, 0.29) is 67.5 Å². The van der Waals surface area contributed by atoms with Crippen molar-refractivity contribution in [2.45, 2.75) is 43.7 Å². The number of amides is 1. The molecule has 22 heteroatoms. The number of nitrogens with zero attached hydrogens (tertiary/aromatic N) is 8. The monoisotopic (exact) mass is 830 g/mol. The summed E-state index contributed by atoms with van der Waals surface area (Å²) in [4.78, 5) is 37.2. The van der Waals surface area contributed by atoms with Crippen molar-refractivity contribution in [3.05, 3.63) is 104 Å². The first-order valence-electron chi connectivity index (χ1n) is 16.8. The third-order valence-electron chi connectivity index (χ3n) is 9.78. The van der Waals surface area contributed by atoms with Crippen LogP contribution in [0.2, 0.25) is 5.02 Å². The maximum Gasteiger partial charge on any atom is 0.293 e. The van der Waals surface area contributed by atoms with Gasteiger partial charge in [-0.1, -0.05) is 11.6 Å². The van der Waals surface area contributed by atoms with Crippen LogP contribution in [0.25, 0.3) is 27.6 Å². The van der Waals surface area contributed by atoms with Gasteiger partial charge in [0.25, 0.3) is 17.9 Å². The van der Waals surface area contributed by atoms with Crippen molar-refractivity contribution in [2.75, 3.05) is 11.0 Å². The van der Waals surface area contributed by atoms with E-state index in [1.165, 1.54) is 36.0 Å². The lowest BCUT2D eigenvalue weighted by atomic mass is 10.0. The summed E-state index contributed by atoms with van der Waals surface area (Å²) in [6.45, 7) is -1.01. The molecular formula is C35H25ClF6N10O4S. The largest absolute Gasteiger partial charge is 0.344 e. The number of anilines is 1. The van der Waals surface area contributed by atoms with E-state index in [1.54, 1.807) is 0 Å². The Morgan fingerprint density at radius 1 is 1.11 bits per heavy atom. The summed E-state index contributed by atoms with van der Waals surface area (Å²) in [7, 11) is -2.50. The zero-order valence-electron chi connectivity index (χ0n) is 29.2. The number of nitriles is 1. The van der Waals surface area contributed by atoms with Crippen molar-refractivity contribution in [3.63, 3.8) is 0 Å². The number of halogens is 7. The number of nitrogens with one attached hydrogen (secondary N) is 2. The van der Waals surface area contributed by atoms with Gasteiger partial charge in [-0.15, -0.1) is 0 Å². The Morgan fingerprint density at radius 3 is 2.49 bits per heavy atom. The molecule has 2 aromatic carbocycles. The number of fused-ring (bicyclic) bond motifs is 5. The first kappa shape index (κ1) is 37.9. The Bertz CT molecular complexity index is 2910. The second-order valence-electron chi connectivity index (χ2n) is 13.7. The minimum absolute atomic E-state index is 0.00104. The van der Waals surface area contributed by atoms with E-state index in [4.69, 9.17) is 11.6 Å². The molecule has 1 fully saturated rings. The summed E-state index contributed by atoms with van der Waals surface area (Å²) in [5.74, 6) is -9.32. The van der Waals surface area contributed by atoms with Crippen molar-refractivity contribution in [2.24, 2.45) is 13.0 Å². The molecule has 1 unspecified atom stereocenters. The fourth-order valence-corrected chi connectivity index (χ4v) is 8.26. The van der Waals surface area contributed by atoms with E-state index in [0.29, 0.717) is 10.7 Å². The second kappa shape index (κ2) is 13.3. The van der Waals surface area contributed by atoms with Crippen LogP contribution in [0.3, 0.4) is 0 Å². The first-order valence-corrected chi connectivity index (χ1v) is 19.1. The lowest BCUT2D eigenvalue weighted by molar-refractivity contribution is -0.123. The van der Waals surface area contributed by atoms with Crippen LogP contribution in [0.15, 0.2) is 47.3 Å². The van der Waals surface area contributed by atoms with E-state index >= 15 is 8.78 Å². The summed E-state index contributed by atoms with van der Waals surface area (Å²) in [5.41, 5.74) is -3.36. The molecular weight excluding hydrogens is 806 g/mol. The molecule has 6 aromatic rings. The van der Waals surface area contributed by atoms with E-state index in [0.717, 1.165) is 23.0 Å². The molecule has 4 heterocycles. The van der Waals surface area contributed by atoms with Crippen LogP contribution in [0.5, 0.6) is 0 Å². The minimum Gasteiger partial charge on any atom is -0.344 e. The van der Waals surface area contributed by atoms with Gasteiger partial charge in [-0.3, -0.25) is 28.2 Å². The quantitative estimate of drug-likeness (QED) is 0.174. The number of carbonyl (C=O) groups is 1. The Morgan fingerprint density at radius 2 is 1.82 bits per heavy atom. The topological polar surface area (TPSA) is 182 Å². The van der Waals surface area contributed by atoms with Crippen molar-refractivity contribution in [1.82, 2.24) is 39.4 Å². The molecule has 1 amide bonds. The predicted octanol–water partition coefficient (Wildman–Crippen LogP) is 5.29. The Balaban J connectivity index is 1.33. The third-order valence-corrected chi connectivity index (χ3v) is 10.7. The fraction of sp³-hybridized carbons (Fsp3) is 0.286. The number of sulfonamides is 1. The van der Waals surface area contributed by atoms with Crippen molar-refractivity contribution in [1.29, 1.82) is 5.26 Å². The minimum atomic E-state index is -3.92. The molecule has 4 aromatic heterocycles. The smallest absolute Gasteiger partial charge is 0.293 e. The maximum atomic E-state index is 15.4. The molecule has 3 atom stereocenters. The number of hydrogen-bond donors (Lipinski definition) is 2. The van der Waals surface area contributed by atoms with Gasteiger partial charge in [0.15, 0.2) is 11.5 Å². The summed E-state index contributed by atoms with van der Waals surface area (Å²) >= 11 is 6.54. The Kier molecular flexibility index (Phi) is 8.84. The number of benzene rings is 2. The molecule has 1 saturated carbocycles. The molecule has 57 heavy (non-hydrogen) atoms. The third kappa shape index (κ3) is 6.51. The second-order valence-corrected chi connectivity index (χ2v) is 15.9. The van der Waals surface area contributed by atoms with Gasteiger partial charge in [-0.25, -0.2) is 35.9 Å². The van der Waals surface area contributed by atoms with Gasteiger partial charge < -0.3 is 5.32 Å². The van der Waals surface area contributed by atoms with E-state index < -0.39 is 87.7 Å². The maximum absolute atomic E-state index is 15.4. The molecule has 2 N–H and O–H groups in total. The van der Waals surface area contributed by atoms with Gasteiger partial charge in [-0.2, -0.15) is 24.2 Å². The molecule has 0 aliphatic heterocycles. The standard InChI is InChI=1S/C35H25ClF6N10O4S/c1-50-28-23(6-5-21(36)26(28)32(48-50)49-57(2,55)56)52-33(46-31-18(34(52)54)4-3-17(12-43)44-31)22(9-14-7-15(37)10-16(38)8-14)45-24(53)13-51-29-25(27(47-51)30(39)40)19-11-20(19)35(29,41)42/h3-8,10,19-20,22,30H,9,11,13H2,1-2H3,(H,45,53)(H,48,49)/t19-,20+,22?/m0/s1. The molecule has 2 aliphatic carbocycles. The van der Waals surface area contributed by atoms with E-state index in [9.17, 15) is 40.8 Å². The van der Waals surface area contributed by atoms with Crippen LogP contribution in [0, 0.1) is 28.9 Å². The van der Waals surface area contributed by atoms with Gasteiger partial charge in [0.1, 0.15) is 47.2 Å². The van der Waals surface area contributed by atoms with Crippen molar-refractivity contribution < 1.29 is 39.6 Å². The van der Waals surface area contributed by atoms with Crippen LogP contribution >= 0.6 is 11.6 Å². The number of hydrogen-bond acceptors (Lipinski definition) is 9. The number of pyridine rings is 1. The van der Waals surface area contributed by atoms with E-state index in [1.807, 2.05) is 6.07 Å². The van der Waals surface area contributed by atoms with Crippen LogP contribution in [-0.2, 0) is 40.8 Å². The first-order chi connectivity index (χ1) is 26.9. The zero-order chi connectivity index (χ0) is 40.9. The van der Waals surface area contributed by atoms with E-state index in [2.05, 4.69) is 30.2 Å². The molecule has 2 aliphatic rings. The summed E-state index contributed by atoms with van der Waals surface area (Å²) < 4.78 is 117. The predicted molar refractivity (Wildman–Crippen MR) is 190 cm³/mol. The lowest BCUT2D eigenvalue weighted by Gasteiger charge is -2.24. The van der Waals surface area contributed by atoms with Crippen molar-refractivity contribution in [3.8, 4) is 11.8 Å². The lowest BCUT2D eigenvalue weighted by Crippen LogP contribution is -2.38. The van der Waals surface area contributed by atoms with Gasteiger partial charge in [0, 0.05) is 31.0 Å². The number of alkyl halides is 4. The molecule has 8 rings (SSSR count). The highest BCUT2D eigenvalue weighted by Crippen LogP contribution is 2.68. The van der Waals surface area contributed by atoms with Gasteiger partial charge in [-0.05, 0) is 54.3 Å². The van der Waals surface area contributed by atoms with Crippen molar-refractivity contribution >= 4 is 55.3 Å². The highest BCUT2D eigenvalue weighted by Gasteiger charge is 2.67. The average Bonchev–Trinajstić information content (AvgIpc) is 3.66. The molecule has 294 valence electrons. The highest BCUT2D eigenvalue weighted by molar-refractivity contribution is 7.92. The highest BCUT2D eigenvalue weighted by atomic mass is 35.5. The fourth-order valence-electron chi connectivity index (χ4n) is 7.52. The SMILES string of the molecule is Cn1nc(NS(C)(=O)=O)c2c(Cl)ccc(-n3c(C(Cc4cc(F)cc(F)c4)NC(=O)Cn4nc(C(F)F)c5c4C(F)(F)[C@@H]4C[C@H]54)nc4nc(C#N)ccc4c3=O)c21. The summed E-state index contributed by atoms with van der Waals surface area (Å²) in [6.07, 6.45) is -2.87. The summed E-state index contributed by atoms with van der Waals surface area (Å²) in [6, 6.07) is 7.91. The number of carbonyl (C=O) groups excluding carboxylic acids is 1. The molecule has 0 bridgehead atoms. The number of rotatable bonds is 10. The van der Waals surface area contributed by atoms with Crippen LogP contribution < -0.4 is 15.6 Å². The summed E-state index contributed by atoms with van der Waals surface area (Å²) in [5, 5.41) is 19.9. The van der Waals surface area contributed by atoms with Crippen LogP contribution in [-0.4, -0.2) is 54.7 Å². The van der Waals surface area contributed by atoms with Gasteiger partial charge in [0.2, 0.25) is 15.9 Å². The van der Waals surface area contributed by atoms with Crippen LogP contribution in [0.4, 0.5) is 32.2 Å². The molecule has 0 saturated heterocycles. The average molecular weight is 831 g/mol. The van der Waals surface area contributed by atoms with Gasteiger partial charge >= 0.3 is 0 Å². The molecule has 0 radical (unpaired) electrons. The zero-order valence-corrected chi connectivity index (χ0v) is 30.8. The van der Waals surface area contributed by atoms with Gasteiger partial charge in [0.05, 0.1) is 39.3 Å². The normalized spacial score (nSPS) is 17.4. The Hall–Kier alpha value is -6.01.